The van der Waals surface area contributed by atoms with Gasteiger partial charge >= 0.3 is 6.61 Å². The Bertz CT molecular complexity index is 558. The van der Waals surface area contributed by atoms with Crippen molar-refractivity contribution in [1.82, 2.24) is 5.32 Å². The molecule has 5 heteroatoms. The third kappa shape index (κ3) is 4.72. The van der Waals surface area contributed by atoms with Gasteiger partial charge in [0.2, 0.25) is 0 Å². The lowest BCUT2D eigenvalue weighted by atomic mass is 10.2. The van der Waals surface area contributed by atoms with E-state index < -0.39 is 6.61 Å². The van der Waals surface area contributed by atoms with Crippen LogP contribution in [-0.4, -0.2) is 13.7 Å². The van der Waals surface area contributed by atoms with Crippen LogP contribution in [0.4, 0.5) is 8.78 Å². The second-order valence-corrected chi connectivity index (χ2v) is 4.44. The van der Waals surface area contributed by atoms with Gasteiger partial charge in [0.25, 0.3) is 0 Å². The van der Waals surface area contributed by atoms with Crippen molar-refractivity contribution in [3.63, 3.8) is 0 Å². The van der Waals surface area contributed by atoms with Crippen molar-refractivity contribution in [1.29, 1.82) is 0 Å². The highest BCUT2D eigenvalue weighted by molar-refractivity contribution is 5.33. The molecule has 112 valence electrons. The maximum Gasteiger partial charge on any atom is 0.387 e. The number of rotatable bonds is 7. The molecule has 0 unspecified atom stereocenters. The number of nitrogens with one attached hydrogen (secondary N) is 1. The van der Waals surface area contributed by atoms with Crippen LogP contribution in [0.3, 0.4) is 0 Å². The Morgan fingerprint density at radius 3 is 2.38 bits per heavy atom. The van der Waals surface area contributed by atoms with Gasteiger partial charge in [-0.05, 0) is 23.8 Å². The third-order valence-electron chi connectivity index (χ3n) is 2.99. The minimum absolute atomic E-state index is 0.203. The summed E-state index contributed by atoms with van der Waals surface area (Å²) in [7, 11) is 1.62. The standard InChI is InChI=1S/C16H17F2NO2/c1-20-14-8-6-12(7-9-14)10-19-11-13-4-2-3-5-15(13)21-16(17)18/h2-9,16,19H,10-11H2,1H3. The summed E-state index contributed by atoms with van der Waals surface area (Å²) in [6, 6.07) is 14.4. The molecule has 0 fully saturated rings. The Labute approximate surface area is 122 Å². The highest BCUT2D eigenvalue weighted by Gasteiger charge is 2.08. The molecule has 0 heterocycles. The van der Waals surface area contributed by atoms with Crippen LogP contribution in [-0.2, 0) is 13.1 Å². The predicted octanol–water partition coefficient (Wildman–Crippen LogP) is 3.59. The van der Waals surface area contributed by atoms with Crippen molar-refractivity contribution in [2.45, 2.75) is 19.7 Å². The number of alkyl halides is 2. The molecule has 2 aromatic rings. The molecule has 0 aliphatic carbocycles. The zero-order valence-corrected chi connectivity index (χ0v) is 11.7. The molecule has 0 amide bonds. The first-order valence-electron chi connectivity index (χ1n) is 6.55. The van der Waals surface area contributed by atoms with Crippen LogP contribution >= 0.6 is 0 Å². The molecule has 0 saturated carbocycles. The number of hydrogen-bond acceptors (Lipinski definition) is 3. The van der Waals surface area contributed by atoms with Crippen LogP contribution in [0.15, 0.2) is 48.5 Å². The van der Waals surface area contributed by atoms with Gasteiger partial charge in [-0.2, -0.15) is 8.78 Å². The first-order valence-corrected chi connectivity index (χ1v) is 6.55. The summed E-state index contributed by atoms with van der Waals surface area (Å²) in [5.41, 5.74) is 1.79. The van der Waals surface area contributed by atoms with Crippen LogP contribution in [0, 0.1) is 0 Å². The predicted molar refractivity (Wildman–Crippen MR) is 76.6 cm³/mol. The van der Waals surface area contributed by atoms with Crippen molar-refractivity contribution >= 4 is 0 Å². The minimum Gasteiger partial charge on any atom is -0.497 e. The van der Waals surface area contributed by atoms with Gasteiger partial charge in [-0.1, -0.05) is 30.3 Å². The van der Waals surface area contributed by atoms with Crippen molar-refractivity contribution < 1.29 is 18.3 Å². The summed E-state index contributed by atoms with van der Waals surface area (Å²) in [6.45, 7) is -1.73. The molecular weight excluding hydrogens is 276 g/mol. The lowest BCUT2D eigenvalue weighted by Crippen LogP contribution is -2.14. The van der Waals surface area contributed by atoms with Crippen LogP contribution in [0.5, 0.6) is 11.5 Å². The van der Waals surface area contributed by atoms with E-state index in [2.05, 4.69) is 10.1 Å². The summed E-state index contributed by atoms with van der Waals surface area (Å²) in [4.78, 5) is 0. The van der Waals surface area contributed by atoms with E-state index in [0.717, 1.165) is 11.3 Å². The quantitative estimate of drug-likeness (QED) is 0.846. The van der Waals surface area contributed by atoms with Crippen molar-refractivity contribution in [2.75, 3.05) is 7.11 Å². The fourth-order valence-corrected chi connectivity index (χ4v) is 1.95. The van der Waals surface area contributed by atoms with Gasteiger partial charge < -0.3 is 14.8 Å². The SMILES string of the molecule is COc1ccc(CNCc2ccccc2OC(F)F)cc1. The Morgan fingerprint density at radius 1 is 1.00 bits per heavy atom. The maximum absolute atomic E-state index is 12.3. The Morgan fingerprint density at radius 2 is 1.71 bits per heavy atom. The number of benzene rings is 2. The molecule has 2 rings (SSSR count). The smallest absolute Gasteiger partial charge is 0.387 e. The molecule has 0 atom stereocenters. The van der Waals surface area contributed by atoms with Gasteiger partial charge in [-0.15, -0.1) is 0 Å². The zero-order chi connectivity index (χ0) is 15.1. The molecule has 0 aliphatic heterocycles. The fourth-order valence-electron chi connectivity index (χ4n) is 1.95. The zero-order valence-electron chi connectivity index (χ0n) is 11.7. The Balaban J connectivity index is 1.90. The average molecular weight is 293 g/mol. The molecule has 0 saturated heterocycles. The Hall–Kier alpha value is -2.14. The first-order chi connectivity index (χ1) is 10.2. The van der Waals surface area contributed by atoms with E-state index in [-0.39, 0.29) is 5.75 Å². The molecule has 0 bridgehead atoms. The molecular formula is C16H17F2NO2. The number of ether oxygens (including phenoxy) is 2. The van der Waals surface area contributed by atoms with E-state index >= 15 is 0 Å². The molecule has 2 aromatic carbocycles. The van der Waals surface area contributed by atoms with Crippen LogP contribution in [0.1, 0.15) is 11.1 Å². The number of methoxy groups -OCH3 is 1. The summed E-state index contributed by atoms with van der Waals surface area (Å²) in [6.07, 6.45) is 0. The molecule has 0 aromatic heterocycles. The molecule has 3 nitrogen and oxygen atoms in total. The van der Waals surface area contributed by atoms with Gasteiger partial charge in [0.05, 0.1) is 7.11 Å². The highest BCUT2D eigenvalue weighted by Crippen LogP contribution is 2.20. The normalized spacial score (nSPS) is 10.7. The highest BCUT2D eigenvalue weighted by atomic mass is 19.3. The van der Waals surface area contributed by atoms with Crippen LogP contribution in [0.2, 0.25) is 0 Å². The summed E-state index contributed by atoms with van der Waals surface area (Å²) < 4.78 is 34.2. The summed E-state index contributed by atoms with van der Waals surface area (Å²) in [5.74, 6) is 1.00. The van der Waals surface area contributed by atoms with E-state index in [9.17, 15) is 8.78 Å². The van der Waals surface area contributed by atoms with Crippen molar-refractivity contribution in [3.8, 4) is 11.5 Å². The van der Waals surface area contributed by atoms with E-state index in [1.165, 1.54) is 6.07 Å². The number of para-hydroxylation sites is 1. The summed E-state index contributed by atoms with van der Waals surface area (Å²) >= 11 is 0. The lowest BCUT2D eigenvalue weighted by molar-refractivity contribution is -0.0505. The Kier molecular flexibility index (Phi) is 5.51. The van der Waals surface area contributed by atoms with Gasteiger partial charge in [0.1, 0.15) is 11.5 Å². The molecule has 0 aliphatic rings. The largest absolute Gasteiger partial charge is 0.497 e. The van der Waals surface area contributed by atoms with E-state index in [4.69, 9.17) is 4.74 Å². The molecule has 0 radical (unpaired) electrons. The molecule has 1 N–H and O–H groups in total. The van der Waals surface area contributed by atoms with Crippen molar-refractivity contribution in [3.05, 3.63) is 59.7 Å². The second-order valence-electron chi connectivity index (χ2n) is 4.44. The monoisotopic (exact) mass is 293 g/mol. The third-order valence-corrected chi connectivity index (χ3v) is 2.99. The first kappa shape index (κ1) is 15.3. The van der Waals surface area contributed by atoms with E-state index in [1.54, 1.807) is 25.3 Å². The maximum atomic E-state index is 12.3. The minimum atomic E-state index is -2.81. The number of halogens is 2. The fraction of sp³-hybridized carbons (Fsp3) is 0.250. The lowest BCUT2D eigenvalue weighted by Gasteiger charge is -2.11. The van der Waals surface area contributed by atoms with Crippen molar-refractivity contribution in [2.24, 2.45) is 0 Å². The van der Waals surface area contributed by atoms with Gasteiger partial charge in [0, 0.05) is 18.7 Å². The molecule has 0 spiro atoms. The van der Waals surface area contributed by atoms with E-state index in [1.807, 2.05) is 24.3 Å². The van der Waals surface area contributed by atoms with Crippen LogP contribution < -0.4 is 14.8 Å². The van der Waals surface area contributed by atoms with Gasteiger partial charge in [0.15, 0.2) is 0 Å². The average Bonchev–Trinajstić information content (AvgIpc) is 2.49. The summed E-state index contributed by atoms with van der Waals surface area (Å²) in [5, 5.41) is 3.20. The van der Waals surface area contributed by atoms with E-state index in [0.29, 0.717) is 18.7 Å². The molecule has 21 heavy (non-hydrogen) atoms. The topological polar surface area (TPSA) is 30.5 Å². The number of hydrogen-bond donors (Lipinski definition) is 1. The van der Waals surface area contributed by atoms with Gasteiger partial charge in [-0.25, -0.2) is 0 Å². The van der Waals surface area contributed by atoms with Gasteiger partial charge in [-0.3, -0.25) is 0 Å². The van der Waals surface area contributed by atoms with Crippen LogP contribution in [0.25, 0.3) is 0 Å². The second kappa shape index (κ2) is 7.59.